The number of aromatic nitrogens is 2. The fraction of sp³-hybridized carbons (Fsp3) is 0.600. The Morgan fingerprint density at radius 3 is 2.53 bits per heavy atom. The van der Waals surface area contributed by atoms with Crippen LogP contribution in [0.3, 0.4) is 0 Å². The predicted octanol–water partition coefficient (Wildman–Crippen LogP) is 4.72. The van der Waals surface area contributed by atoms with Crippen molar-refractivity contribution in [1.82, 2.24) is 14.5 Å². The molecule has 1 aromatic carbocycles. The summed E-state index contributed by atoms with van der Waals surface area (Å²) >= 11 is 0. The number of halogens is 2. The Hall–Kier alpha value is -2.28. The van der Waals surface area contributed by atoms with Crippen LogP contribution in [0.1, 0.15) is 78.9 Å². The van der Waals surface area contributed by atoms with Crippen molar-refractivity contribution in [3.8, 4) is 0 Å². The van der Waals surface area contributed by atoms with Crippen molar-refractivity contribution in [2.75, 3.05) is 0 Å². The molecule has 1 saturated carbocycles. The second kappa shape index (κ2) is 8.58. The van der Waals surface area contributed by atoms with Gasteiger partial charge >= 0.3 is 0 Å². The van der Waals surface area contributed by atoms with Crippen molar-refractivity contribution in [3.63, 3.8) is 0 Å². The van der Waals surface area contributed by atoms with Crippen molar-refractivity contribution < 1.29 is 13.6 Å². The SMILES string of the molecule is NC(=O)c1cccc([C@H]2C[C@H]3CC[C@@H](C2)N3Cc2cncn2CC2CCC(F)(F)CC2)c1. The van der Waals surface area contributed by atoms with Gasteiger partial charge < -0.3 is 10.3 Å². The molecule has 32 heavy (non-hydrogen) atoms. The van der Waals surface area contributed by atoms with Crippen LogP contribution in [0, 0.1) is 5.92 Å². The Balaban J connectivity index is 1.23. The summed E-state index contributed by atoms with van der Waals surface area (Å²) in [4.78, 5) is 18.6. The van der Waals surface area contributed by atoms with E-state index >= 15 is 0 Å². The molecule has 2 aliphatic heterocycles. The molecular weight excluding hydrogens is 410 g/mol. The molecule has 0 unspecified atom stereocenters. The molecule has 172 valence electrons. The van der Waals surface area contributed by atoms with Gasteiger partial charge in [-0.05, 0) is 68.1 Å². The molecule has 2 aromatic rings. The van der Waals surface area contributed by atoms with Crippen LogP contribution in [0.4, 0.5) is 8.78 Å². The van der Waals surface area contributed by atoms with Crippen LogP contribution in [0.25, 0.3) is 0 Å². The molecule has 3 atom stereocenters. The molecule has 1 aromatic heterocycles. The first-order valence-corrected chi connectivity index (χ1v) is 11.9. The van der Waals surface area contributed by atoms with Crippen LogP contribution in [-0.4, -0.2) is 38.4 Å². The van der Waals surface area contributed by atoms with Crippen LogP contribution >= 0.6 is 0 Å². The van der Waals surface area contributed by atoms with Gasteiger partial charge in [0.15, 0.2) is 0 Å². The van der Waals surface area contributed by atoms with E-state index in [-0.39, 0.29) is 18.7 Å². The molecule has 5 rings (SSSR count). The van der Waals surface area contributed by atoms with E-state index in [2.05, 4.69) is 20.5 Å². The summed E-state index contributed by atoms with van der Waals surface area (Å²) in [5.41, 5.74) is 8.47. The Morgan fingerprint density at radius 2 is 1.84 bits per heavy atom. The van der Waals surface area contributed by atoms with Gasteiger partial charge in [-0.1, -0.05) is 12.1 Å². The van der Waals surface area contributed by atoms with Gasteiger partial charge in [0.2, 0.25) is 11.8 Å². The van der Waals surface area contributed by atoms with Gasteiger partial charge in [0.1, 0.15) is 0 Å². The van der Waals surface area contributed by atoms with Gasteiger partial charge in [-0.25, -0.2) is 13.8 Å². The highest BCUT2D eigenvalue weighted by Gasteiger charge is 2.41. The molecule has 0 radical (unpaired) electrons. The molecule has 1 aliphatic carbocycles. The second-order valence-corrected chi connectivity index (χ2v) is 10.1. The maximum absolute atomic E-state index is 13.5. The number of piperidine rings is 1. The third kappa shape index (κ3) is 4.45. The van der Waals surface area contributed by atoms with E-state index in [1.54, 1.807) is 6.07 Å². The van der Waals surface area contributed by atoms with Crippen molar-refractivity contribution in [1.29, 1.82) is 0 Å². The number of rotatable bonds is 6. The van der Waals surface area contributed by atoms with Gasteiger partial charge in [0.25, 0.3) is 0 Å². The number of alkyl halides is 2. The molecular formula is C25H32F2N4O. The Morgan fingerprint density at radius 1 is 1.12 bits per heavy atom. The maximum Gasteiger partial charge on any atom is 0.248 e. The lowest BCUT2D eigenvalue weighted by atomic mass is 9.84. The summed E-state index contributed by atoms with van der Waals surface area (Å²) in [6, 6.07) is 8.84. The highest BCUT2D eigenvalue weighted by atomic mass is 19.3. The molecule has 7 heteroatoms. The standard InChI is InChI=1S/C25H32F2N4O/c26-25(27)8-6-17(7-9-25)14-30-16-29-13-23(30)15-31-21-4-5-22(31)12-20(11-21)18-2-1-3-19(10-18)24(28)32/h1-3,10,13,16-17,20-22H,4-9,11-12,14-15H2,(H2,28,32)/t20-,21+,22-. The topological polar surface area (TPSA) is 64.2 Å². The Bertz CT molecular complexity index is 950. The van der Waals surface area contributed by atoms with Crippen LogP contribution in [0.5, 0.6) is 0 Å². The van der Waals surface area contributed by atoms with E-state index < -0.39 is 5.92 Å². The number of hydrogen-bond acceptors (Lipinski definition) is 3. The van der Waals surface area contributed by atoms with Gasteiger partial charge in [0, 0.05) is 49.8 Å². The van der Waals surface area contributed by atoms with Gasteiger partial charge in [-0.3, -0.25) is 9.69 Å². The largest absolute Gasteiger partial charge is 0.366 e. The van der Waals surface area contributed by atoms with Crippen LogP contribution in [0.15, 0.2) is 36.8 Å². The minimum atomic E-state index is -2.48. The smallest absolute Gasteiger partial charge is 0.248 e. The van der Waals surface area contributed by atoms with Crippen molar-refractivity contribution in [2.24, 2.45) is 11.7 Å². The lowest BCUT2D eigenvalue weighted by Gasteiger charge is -2.39. The van der Waals surface area contributed by atoms with E-state index in [0.717, 1.165) is 25.9 Å². The maximum atomic E-state index is 13.5. The van der Waals surface area contributed by atoms with Gasteiger partial charge in [-0.2, -0.15) is 0 Å². The van der Waals surface area contributed by atoms with E-state index in [1.165, 1.54) is 24.1 Å². The summed E-state index contributed by atoms with van der Waals surface area (Å²) in [5, 5.41) is 0. The monoisotopic (exact) mass is 442 g/mol. The van der Waals surface area contributed by atoms with Crippen molar-refractivity contribution in [2.45, 2.75) is 88.4 Å². The number of benzene rings is 1. The average Bonchev–Trinajstić information content (AvgIpc) is 3.29. The fourth-order valence-corrected chi connectivity index (χ4v) is 6.14. The average molecular weight is 443 g/mol. The lowest BCUT2D eigenvalue weighted by molar-refractivity contribution is -0.0474. The van der Waals surface area contributed by atoms with Crippen molar-refractivity contribution in [3.05, 3.63) is 53.6 Å². The summed E-state index contributed by atoms with van der Waals surface area (Å²) in [6.45, 7) is 1.66. The second-order valence-electron chi connectivity index (χ2n) is 10.1. The number of primary amides is 1. The summed E-state index contributed by atoms with van der Waals surface area (Å²) in [6.07, 6.45) is 9.58. The molecule has 2 saturated heterocycles. The molecule has 3 aliphatic rings. The van der Waals surface area contributed by atoms with E-state index in [0.29, 0.717) is 42.3 Å². The zero-order valence-electron chi connectivity index (χ0n) is 18.4. The van der Waals surface area contributed by atoms with E-state index in [4.69, 9.17) is 5.73 Å². The molecule has 3 heterocycles. The number of fused-ring (bicyclic) bond motifs is 2. The summed E-state index contributed by atoms with van der Waals surface area (Å²) in [5.74, 6) is -2.09. The number of nitrogens with two attached hydrogens (primary N) is 1. The zero-order chi connectivity index (χ0) is 22.3. The van der Waals surface area contributed by atoms with Gasteiger partial charge in [-0.15, -0.1) is 0 Å². The van der Waals surface area contributed by atoms with Crippen LogP contribution in [-0.2, 0) is 13.1 Å². The van der Waals surface area contributed by atoms with Crippen LogP contribution < -0.4 is 5.73 Å². The number of carbonyl (C=O) groups is 1. The van der Waals surface area contributed by atoms with Crippen molar-refractivity contribution >= 4 is 5.91 Å². The number of amides is 1. The third-order valence-electron chi connectivity index (χ3n) is 7.96. The first-order chi connectivity index (χ1) is 15.4. The highest BCUT2D eigenvalue weighted by Crippen LogP contribution is 2.44. The third-order valence-corrected chi connectivity index (χ3v) is 7.96. The van der Waals surface area contributed by atoms with E-state index in [1.807, 2.05) is 24.7 Å². The number of nitrogens with zero attached hydrogens (tertiary/aromatic N) is 3. The highest BCUT2D eigenvalue weighted by molar-refractivity contribution is 5.92. The first kappa shape index (κ1) is 21.6. The normalized spacial score (nSPS) is 28.1. The molecule has 5 nitrogen and oxygen atoms in total. The molecule has 2 N–H and O–H groups in total. The predicted molar refractivity (Wildman–Crippen MR) is 118 cm³/mol. The zero-order valence-corrected chi connectivity index (χ0v) is 18.4. The Kier molecular flexibility index (Phi) is 5.78. The van der Waals surface area contributed by atoms with Crippen LogP contribution in [0.2, 0.25) is 0 Å². The van der Waals surface area contributed by atoms with E-state index in [9.17, 15) is 13.6 Å². The number of carbonyl (C=O) groups excluding carboxylic acids is 1. The molecule has 2 bridgehead atoms. The van der Waals surface area contributed by atoms with Gasteiger partial charge in [0.05, 0.1) is 12.0 Å². The molecule has 1 amide bonds. The Labute approximate surface area is 188 Å². The fourth-order valence-electron chi connectivity index (χ4n) is 6.14. The quantitative estimate of drug-likeness (QED) is 0.704. The number of hydrogen-bond donors (Lipinski definition) is 1. The molecule has 3 fully saturated rings. The lowest BCUT2D eigenvalue weighted by Crippen LogP contribution is -2.42. The first-order valence-electron chi connectivity index (χ1n) is 11.9. The minimum absolute atomic E-state index is 0.0102. The number of imidazole rings is 1. The summed E-state index contributed by atoms with van der Waals surface area (Å²) in [7, 11) is 0. The summed E-state index contributed by atoms with van der Waals surface area (Å²) < 4.78 is 29.2. The molecule has 0 spiro atoms. The minimum Gasteiger partial charge on any atom is -0.366 e.